The SMILES string of the molecule is CCCCCC=CCC=CCCCCCCCCC(O)(CO)C(O)(CCCCCCCCC=CCC=CCCCCC)CCCCCCCCCCCCCCCCCCCC. The zero-order valence-electron chi connectivity index (χ0n) is 42.5. The first kappa shape index (κ1) is 60.8. The van der Waals surface area contributed by atoms with Crippen LogP contribution in [0.5, 0.6) is 0 Å². The zero-order valence-corrected chi connectivity index (χ0v) is 42.5. The lowest BCUT2D eigenvalue weighted by atomic mass is 9.73. The van der Waals surface area contributed by atoms with Crippen LogP contribution >= 0.6 is 0 Å². The van der Waals surface area contributed by atoms with Crippen LogP contribution in [0.25, 0.3) is 0 Å². The first-order valence-electron chi connectivity index (χ1n) is 28.1. The van der Waals surface area contributed by atoms with Crippen LogP contribution in [0.15, 0.2) is 48.6 Å². The van der Waals surface area contributed by atoms with Crippen molar-refractivity contribution in [3.05, 3.63) is 48.6 Å². The van der Waals surface area contributed by atoms with Gasteiger partial charge in [0.2, 0.25) is 0 Å². The van der Waals surface area contributed by atoms with E-state index in [9.17, 15) is 15.3 Å². The summed E-state index contributed by atoms with van der Waals surface area (Å²) in [7, 11) is 0. The van der Waals surface area contributed by atoms with Crippen molar-refractivity contribution in [2.75, 3.05) is 6.61 Å². The summed E-state index contributed by atoms with van der Waals surface area (Å²) in [6.45, 7) is 6.47. The Morgan fingerprint density at radius 1 is 0.258 bits per heavy atom. The maximum Gasteiger partial charge on any atom is 0.116 e. The van der Waals surface area contributed by atoms with Crippen LogP contribution in [0.1, 0.15) is 310 Å². The summed E-state index contributed by atoms with van der Waals surface area (Å²) in [5.41, 5.74) is -2.61. The van der Waals surface area contributed by atoms with E-state index < -0.39 is 11.2 Å². The fraction of sp³-hybridized carbons (Fsp3) is 0.864. The van der Waals surface area contributed by atoms with Crippen LogP contribution in [0.2, 0.25) is 0 Å². The van der Waals surface area contributed by atoms with E-state index in [1.165, 1.54) is 205 Å². The molecular weight excluding hydrogens is 757 g/mol. The molecule has 0 amide bonds. The van der Waals surface area contributed by atoms with Crippen molar-refractivity contribution in [1.29, 1.82) is 0 Å². The number of hydrogen-bond donors (Lipinski definition) is 3. The van der Waals surface area contributed by atoms with Gasteiger partial charge in [0.1, 0.15) is 5.60 Å². The van der Waals surface area contributed by atoms with Gasteiger partial charge in [-0.2, -0.15) is 0 Å². The molecular formula is C59H112O3. The predicted octanol–water partition coefficient (Wildman–Crippen LogP) is 19.3. The number of unbranched alkanes of at least 4 members (excludes halogenated alkanes) is 35. The average molecular weight is 870 g/mol. The average Bonchev–Trinajstić information content (AvgIpc) is 3.28. The molecule has 0 aromatic carbocycles. The molecule has 0 fully saturated rings. The van der Waals surface area contributed by atoms with Crippen molar-refractivity contribution in [3.8, 4) is 0 Å². The maximum atomic E-state index is 12.2. The molecule has 0 aromatic heterocycles. The highest BCUT2D eigenvalue weighted by atomic mass is 16.4. The van der Waals surface area contributed by atoms with E-state index in [0.717, 1.165) is 64.2 Å². The van der Waals surface area contributed by atoms with Gasteiger partial charge in [0.05, 0.1) is 12.2 Å². The molecule has 3 nitrogen and oxygen atoms in total. The Kier molecular flexibility index (Phi) is 48.4. The summed E-state index contributed by atoms with van der Waals surface area (Å²) < 4.78 is 0. The lowest BCUT2D eigenvalue weighted by molar-refractivity contribution is -0.185. The maximum absolute atomic E-state index is 12.2. The lowest BCUT2D eigenvalue weighted by Gasteiger charge is -2.43. The molecule has 0 saturated carbocycles. The van der Waals surface area contributed by atoms with Gasteiger partial charge in [0.25, 0.3) is 0 Å². The van der Waals surface area contributed by atoms with Gasteiger partial charge >= 0.3 is 0 Å². The third-order valence-corrected chi connectivity index (χ3v) is 13.7. The smallest absolute Gasteiger partial charge is 0.116 e. The minimum atomic E-state index is -1.41. The van der Waals surface area contributed by atoms with Crippen molar-refractivity contribution in [2.45, 2.75) is 321 Å². The second-order valence-electron chi connectivity index (χ2n) is 19.7. The quantitative estimate of drug-likeness (QED) is 0.0422. The minimum absolute atomic E-state index is 0.342. The first-order valence-corrected chi connectivity index (χ1v) is 28.1. The second-order valence-corrected chi connectivity index (χ2v) is 19.7. The Bertz CT molecular complexity index is 982. The summed E-state index contributed by atoms with van der Waals surface area (Å²) in [6, 6.07) is 0. The van der Waals surface area contributed by atoms with Crippen LogP contribution < -0.4 is 0 Å². The summed E-state index contributed by atoms with van der Waals surface area (Å²) in [5.74, 6) is 0. The van der Waals surface area contributed by atoms with Crippen molar-refractivity contribution >= 4 is 0 Å². The van der Waals surface area contributed by atoms with Gasteiger partial charge in [-0.05, 0) is 83.5 Å². The van der Waals surface area contributed by atoms with E-state index >= 15 is 0 Å². The van der Waals surface area contributed by atoms with E-state index in [1.807, 2.05) is 0 Å². The molecule has 3 N–H and O–H groups in total. The van der Waals surface area contributed by atoms with Crippen molar-refractivity contribution in [1.82, 2.24) is 0 Å². The molecule has 0 saturated heterocycles. The molecule has 0 aliphatic rings. The molecule has 0 aliphatic heterocycles. The van der Waals surface area contributed by atoms with E-state index in [0.29, 0.717) is 19.3 Å². The molecule has 366 valence electrons. The number of hydrogen-bond acceptors (Lipinski definition) is 3. The Balaban J connectivity index is 4.55. The molecule has 0 spiro atoms. The van der Waals surface area contributed by atoms with Crippen LogP contribution in [-0.4, -0.2) is 33.1 Å². The summed E-state index contributed by atoms with van der Waals surface area (Å²) in [6.07, 6.45) is 73.0. The summed E-state index contributed by atoms with van der Waals surface area (Å²) in [4.78, 5) is 0. The minimum Gasteiger partial charge on any atom is -0.393 e. The van der Waals surface area contributed by atoms with Gasteiger partial charge in [0.15, 0.2) is 0 Å². The van der Waals surface area contributed by atoms with Gasteiger partial charge in [0, 0.05) is 0 Å². The highest BCUT2D eigenvalue weighted by Gasteiger charge is 2.47. The van der Waals surface area contributed by atoms with Gasteiger partial charge < -0.3 is 15.3 Å². The van der Waals surface area contributed by atoms with Crippen molar-refractivity contribution < 1.29 is 15.3 Å². The highest BCUT2D eigenvalue weighted by Crippen LogP contribution is 2.37. The standard InChI is InChI=1S/C59H112O3/c1-4-7-10-13-16-19-22-25-28-31-32-35-37-40-43-46-49-52-55-58(61,54-51-48-45-42-39-36-33-29-26-23-20-17-14-11-8-5-2)59(62,57-60)56-53-50-47-44-41-38-34-30-27-24-21-18-15-12-9-6-3/h17-18,20-21,26-27,29-30,60-62H,4-16,19,22-25,28,31-57H2,1-3H3. The van der Waals surface area contributed by atoms with Gasteiger partial charge in [-0.1, -0.05) is 275 Å². The molecule has 0 rings (SSSR count). The summed E-state index contributed by atoms with van der Waals surface area (Å²) >= 11 is 0. The molecule has 0 heterocycles. The normalized spacial score (nSPS) is 14.4. The number of aliphatic hydroxyl groups is 3. The van der Waals surface area contributed by atoms with Gasteiger partial charge in [-0.3, -0.25) is 0 Å². The van der Waals surface area contributed by atoms with E-state index in [4.69, 9.17) is 0 Å². The molecule has 2 unspecified atom stereocenters. The van der Waals surface area contributed by atoms with Crippen LogP contribution in [0.4, 0.5) is 0 Å². The van der Waals surface area contributed by atoms with Crippen molar-refractivity contribution in [2.24, 2.45) is 0 Å². The number of aliphatic hydroxyl groups excluding tert-OH is 1. The van der Waals surface area contributed by atoms with Gasteiger partial charge in [-0.25, -0.2) is 0 Å². The molecule has 0 radical (unpaired) electrons. The first-order chi connectivity index (χ1) is 30.5. The third-order valence-electron chi connectivity index (χ3n) is 13.7. The van der Waals surface area contributed by atoms with Crippen molar-refractivity contribution in [3.63, 3.8) is 0 Å². The van der Waals surface area contributed by atoms with E-state index in [1.54, 1.807) is 0 Å². The molecule has 3 heteroatoms. The Labute approximate surface area is 390 Å². The predicted molar refractivity (Wildman–Crippen MR) is 278 cm³/mol. The van der Waals surface area contributed by atoms with Crippen LogP contribution in [0.3, 0.4) is 0 Å². The molecule has 0 bridgehead atoms. The summed E-state index contributed by atoms with van der Waals surface area (Å²) in [5, 5.41) is 34.7. The fourth-order valence-electron chi connectivity index (χ4n) is 9.18. The second kappa shape index (κ2) is 49.3. The molecule has 0 aromatic rings. The Hall–Kier alpha value is -1.16. The van der Waals surface area contributed by atoms with E-state index in [-0.39, 0.29) is 6.61 Å². The fourth-order valence-corrected chi connectivity index (χ4v) is 9.18. The Morgan fingerprint density at radius 2 is 0.468 bits per heavy atom. The topological polar surface area (TPSA) is 60.7 Å². The highest BCUT2D eigenvalue weighted by molar-refractivity contribution is 5.00. The number of allylic oxidation sites excluding steroid dienone is 8. The van der Waals surface area contributed by atoms with Gasteiger partial charge in [-0.15, -0.1) is 0 Å². The molecule has 0 aliphatic carbocycles. The van der Waals surface area contributed by atoms with E-state index in [2.05, 4.69) is 69.4 Å². The zero-order chi connectivity index (χ0) is 45.2. The Morgan fingerprint density at radius 3 is 0.742 bits per heavy atom. The monoisotopic (exact) mass is 869 g/mol. The van der Waals surface area contributed by atoms with Crippen LogP contribution in [0, 0.1) is 0 Å². The molecule has 62 heavy (non-hydrogen) atoms. The third kappa shape index (κ3) is 40.4. The largest absolute Gasteiger partial charge is 0.393 e. The number of rotatable bonds is 51. The van der Waals surface area contributed by atoms with Crippen LogP contribution in [-0.2, 0) is 0 Å². The molecule has 2 atom stereocenters. The lowest BCUT2D eigenvalue weighted by Crippen LogP contribution is -2.56.